The summed E-state index contributed by atoms with van der Waals surface area (Å²) < 4.78 is 13.0. The molecule has 0 fully saturated rings. The van der Waals surface area contributed by atoms with Gasteiger partial charge in [0.2, 0.25) is 0 Å². The molecule has 52 heavy (non-hydrogen) atoms. The monoisotopic (exact) mass is 673 g/mol. The fraction of sp³-hybridized carbons (Fsp3) is 0.143. The third-order valence-electron chi connectivity index (χ3n) is 11.2. The molecule has 0 bridgehead atoms. The largest absolute Gasteiger partial charge is 0.456 e. The Morgan fingerprint density at radius 1 is 0.500 bits per heavy atom. The van der Waals surface area contributed by atoms with Crippen molar-refractivity contribution in [2.75, 3.05) is 4.90 Å². The van der Waals surface area contributed by atoms with Crippen LogP contribution < -0.4 is 4.90 Å². The minimum absolute atomic E-state index is 0.0456. The van der Waals surface area contributed by atoms with Gasteiger partial charge in [-0.05, 0) is 105 Å². The van der Waals surface area contributed by atoms with Crippen LogP contribution >= 0.6 is 0 Å². The number of fused-ring (bicyclic) bond motifs is 9. The molecule has 7 aromatic carbocycles. The summed E-state index contributed by atoms with van der Waals surface area (Å²) in [5.74, 6) is 0. The fourth-order valence-electron chi connectivity index (χ4n) is 8.56. The van der Waals surface area contributed by atoms with Crippen molar-refractivity contribution in [3.05, 3.63) is 162 Å². The minimum Gasteiger partial charge on any atom is -0.456 e. The summed E-state index contributed by atoms with van der Waals surface area (Å²) in [5, 5.41) is 4.55. The van der Waals surface area contributed by atoms with Gasteiger partial charge in [0.25, 0.3) is 0 Å². The SMILES string of the molecule is CC(C)(C)c1ccc2oc3cc4c(cc3c2c1)-c1cccc(N(c2ccc(-c3ccccc3)cc2)c2cccc3oc5ccccc5c23)c1C4(C)C. The van der Waals surface area contributed by atoms with Crippen molar-refractivity contribution in [1.82, 2.24) is 0 Å². The smallest absolute Gasteiger partial charge is 0.137 e. The number of rotatable bonds is 4. The Kier molecular flexibility index (Phi) is 6.48. The summed E-state index contributed by atoms with van der Waals surface area (Å²) in [6.07, 6.45) is 0. The van der Waals surface area contributed by atoms with Crippen LogP contribution in [0.15, 0.2) is 154 Å². The molecule has 0 saturated heterocycles. The van der Waals surface area contributed by atoms with Crippen LogP contribution in [0.1, 0.15) is 51.3 Å². The molecular formula is C49H39NO2. The molecule has 9 aromatic rings. The number of hydrogen-bond acceptors (Lipinski definition) is 3. The van der Waals surface area contributed by atoms with E-state index in [-0.39, 0.29) is 10.8 Å². The predicted octanol–water partition coefficient (Wildman–Crippen LogP) is 14.2. The van der Waals surface area contributed by atoms with Gasteiger partial charge in [-0.2, -0.15) is 0 Å². The Morgan fingerprint density at radius 2 is 1.15 bits per heavy atom. The van der Waals surface area contributed by atoms with Crippen LogP contribution in [0.3, 0.4) is 0 Å². The van der Waals surface area contributed by atoms with Gasteiger partial charge in [-0.3, -0.25) is 0 Å². The molecule has 0 aliphatic heterocycles. The van der Waals surface area contributed by atoms with Gasteiger partial charge in [0.05, 0.1) is 16.8 Å². The quantitative estimate of drug-likeness (QED) is 0.186. The predicted molar refractivity (Wildman–Crippen MR) is 217 cm³/mol. The summed E-state index contributed by atoms with van der Waals surface area (Å²) in [6.45, 7) is 11.5. The van der Waals surface area contributed by atoms with E-state index in [1.807, 2.05) is 6.07 Å². The first kappa shape index (κ1) is 30.7. The molecule has 10 rings (SSSR count). The maximum Gasteiger partial charge on any atom is 0.137 e. The lowest BCUT2D eigenvalue weighted by Gasteiger charge is -2.32. The number of para-hydroxylation sites is 1. The van der Waals surface area contributed by atoms with Crippen molar-refractivity contribution >= 4 is 60.9 Å². The van der Waals surface area contributed by atoms with Gasteiger partial charge >= 0.3 is 0 Å². The van der Waals surface area contributed by atoms with Gasteiger partial charge in [-0.25, -0.2) is 0 Å². The fourth-order valence-corrected chi connectivity index (χ4v) is 8.56. The third-order valence-corrected chi connectivity index (χ3v) is 11.2. The van der Waals surface area contributed by atoms with Crippen molar-refractivity contribution in [1.29, 1.82) is 0 Å². The molecule has 2 heterocycles. The second-order valence-electron chi connectivity index (χ2n) is 15.8. The lowest BCUT2D eigenvalue weighted by molar-refractivity contribution is 0.590. The van der Waals surface area contributed by atoms with Crippen LogP contribution in [0.4, 0.5) is 17.1 Å². The van der Waals surface area contributed by atoms with Gasteiger partial charge in [-0.1, -0.05) is 120 Å². The van der Waals surface area contributed by atoms with Crippen molar-refractivity contribution in [2.45, 2.75) is 45.4 Å². The van der Waals surface area contributed by atoms with Crippen molar-refractivity contribution in [3.8, 4) is 22.3 Å². The zero-order chi connectivity index (χ0) is 35.4. The average Bonchev–Trinajstić information content (AvgIpc) is 3.79. The molecule has 0 amide bonds. The molecule has 3 nitrogen and oxygen atoms in total. The van der Waals surface area contributed by atoms with Crippen molar-refractivity contribution in [3.63, 3.8) is 0 Å². The van der Waals surface area contributed by atoms with E-state index in [1.54, 1.807) is 0 Å². The van der Waals surface area contributed by atoms with Crippen LogP contribution in [0.5, 0.6) is 0 Å². The number of nitrogens with zero attached hydrogens (tertiary/aromatic N) is 1. The van der Waals surface area contributed by atoms with Crippen LogP contribution in [0.2, 0.25) is 0 Å². The Morgan fingerprint density at radius 3 is 1.96 bits per heavy atom. The molecule has 1 aliphatic carbocycles. The van der Waals surface area contributed by atoms with Gasteiger partial charge in [0.15, 0.2) is 0 Å². The average molecular weight is 674 g/mol. The summed E-state index contributed by atoms with van der Waals surface area (Å²) >= 11 is 0. The Balaban J connectivity index is 1.22. The molecular weight excluding hydrogens is 635 g/mol. The van der Waals surface area contributed by atoms with Crippen molar-refractivity contribution < 1.29 is 8.83 Å². The molecule has 0 N–H and O–H groups in total. The summed E-state index contributed by atoms with van der Waals surface area (Å²) in [4.78, 5) is 2.45. The number of hydrogen-bond donors (Lipinski definition) is 0. The maximum absolute atomic E-state index is 6.56. The lowest BCUT2D eigenvalue weighted by Crippen LogP contribution is -2.20. The molecule has 0 spiro atoms. The highest BCUT2D eigenvalue weighted by atomic mass is 16.3. The molecule has 0 unspecified atom stereocenters. The van der Waals surface area contributed by atoms with E-state index >= 15 is 0 Å². The molecule has 2 aromatic heterocycles. The Bertz CT molecular complexity index is 2850. The number of benzene rings is 7. The first-order chi connectivity index (χ1) is 25.2. The lowest BCUT2D eigenvalue weighted by atomic mass is 9.81. The first-order valence-electron chi connectivity index (χ1n) is 18.2. The molecule has 0 radical (unpaired) electrons. The van der Waals surface area contributed by atoms with E-state index in [0.717, 1.165) is 55.6 Å². The van der Waals surface area contributed by atoms with E-state index in [9.17, 15) is 0 Å². The van der Waals surface area contributed by atoms with Gasteiger partial charge in [-0.15, -0.1) is 0 Å². The van der Waals surface area contributed by atoms with E-state index in [2.05, 4.69) is 179 Å². The van der Waals surface area contributed by atoms with Gasteiger partial charge in [0.1, 0.15) is 22.3 Å². The summed E-state index contributed by atoms with van der Waals surface area (Å²) in [6, 6.07) is 52.5. The minimum atomic E-state index is -0.306. The van der Waals surface area contributed by atoms with Gasteiger partial charge in [0, 0.05) is 27.3 Å². The van der Waals surface area contributed by atoms with Crippen LogP contribution in [0, 0.1) is 0 Å². The third kappa shape index (κ3) is 4.52. The topological polar surface area (TPSA) is 29.5 Å². The van der Waals surface area contributed by atoms with Crippen LogP contribution in [-0.2, 0) is 10.8 Å². The highest BCUT2D eigenvalue weighted by Crippen LogP contribution is 2.56. The normalized spacial score (nSPS) is 13.6. The second-order valence-corrected chi connectivity index (χ2v) is 15.8. The maximum atomic E-state index is 6.56. The Labute approximate surface area is 303 Å². The summed E-state index contributed by atoms with van der Waals surface area (Å²) in [7, 11) is 0. The molecule has 0 saturated carbocycles. The van der Waals surface area contributed by atoms with Crippen LogP contribution in [0.25, 0.3) is 66.1 Å². The van der Waals surface area contributed by atoms with Crippen LogP contribution in [-0.4, -0.2) is 0 Å². The first-order valence-corrected chi connectivity index (χ1v) is 18.2. The zero-order valence-corrected chi connectivity index (χ0v) is 30.1. The highest BCUT2D eigenvalue weighted by Gasteiger charge is 2.40. The molecule has 252 valence electrons. The number of anilines is 3. The molecule has 1 aliphatic rings. The standard InChI is InChI=1S/C49H39NO2/c1-48(2,3)32-23-26-43-37(27-32)38-28-36-34-16-11-18-41(47(34)49(4,5)39(36)29-45(38)52-43)50(33-24-21-31(22-25-33)30-13-7-6-8-14-30)40-17-12-20-44-46(40)35-15-9-10-19-42(35)51-44/h6-29H,1-5H3. The summed E-state index contributed by atoms with van der Waals surface area (Å²) in [5.41, 5.74) is 15.5. The highest BCUT2D eigenvalue weighted by molar-refractivity contribution is 6.14. The van der Waals surface area contributed by atoms with Crippen molar-refractivity contribution in [2.24, 2.45) is 0 Å². The molecule has 0 atom stereocenters. The van der Waals surface area contributed by atoms with E-state index in [4.69, 9.17) is 8.83 Å². The van der Waals surface area contributed by atoms with Gasteiger partial charge < -0.3 is 13.7 Å². The van der Waals surface area contributed by atoms with E-state index in [0.29, 0.717) is 0 Å². The zero-order valence-electron chi connectivity index (χ0n) is 30.1. The van der Waals surface area contributed by atoms with E-state index < -0.39 is 0 Å². The Hall–Kier alpha value is -6.06. The second kappa shape index (κ2) is 11.0. The van der Waals surface area contributed by atoms with E-state index in [1.165, 1.54) is 44.3 Å². The number of furan rings is 2. The molecule has 3 heteroatoms.